The normalized spacial score (nSPS) is 10.1. The molecule has 0 saturated heterocycles. The molecule has 0 aromatic heterocycles. The quantitative estimate of drug-likeness (QED) is 0.490. The molecule has 5 nitrogen and oxygen atoms in total. The van der Waals surface area contributed by atoms with Crippen molar-refractivity contribution in [3.8, 4) is 0 Å². The third-order valence-electron chi connectivity index (χ3n) is 2.01. The van der Waals surface area contributed by atoms with Crippen molar-refractivity contribution in [3.05, 3.63) is 0 Å². The van der Waals surface area contributed by atoms with E-state index < -0.39 is 0 Å². The van der Waals surface area contributed by atoms with Gasteiger partial charge < -0.3 is 20.5 Å². The number of hydrogen-bond donors (Lipinski definition) is 3. The standard InChI is InChI=1S/C11H24N2O3/c1-2-3-6-12-11(15)13-7-4-9-16-10-5-8-14/h14H,2-10H2,1H3,(H2,12,13,15). The average molecular weight is 232 g/mol. The maximum Gasteiger partial charge on any atom is 0.314 e. The number of aliphatic hydroxyl groups excluding tert-OH is 1. The van der Waals surface area contributed by atoms with Gasteiger partial charge in [0.1, 0.15) is 0 Å². The molecule has 0 heterocycles. The lowest BCUT2D eigenvalue weighted by Gasteiger charge is -2.07. The van der Waals surface area contributed by atoms with Crippen LogP contribution in [0.2, 0.25) is 0 Å². The van der Waals surface area contributed by atoms with Gasteiger partial charge in [0.2, 0.25) is 0 Å². The fourth-order valence-corrected chi connectivity index (χ4v) is 1.09. The van der Waals surface area contributed by atoms with Crippen LogP contribution in [0.15, 0.2) is 0 Å². The number of unbranched alkanes of at least 4 members (excludes halogenated alkanes) is 1. The molecule has 0 atom stereocenters. The molecular formula is C11H24N2O3. The first-order chi connectivity index (χ1) is 7.81. The van der Waals surface area contributed by atoms with Gasteiger partial charge in [-0.1, -0.05) is 13.3 Å². The third-order valence-corrected chi connectivity index (χ3v) is 2.01. The molecule has 0 saturated carbocycles. The zero-order chi connectivity index (χ0) is 12.1. The SMILES string of the molecule is CCCCNC(=O)NCCCOCCCO. The second-order valence-corrected chi connectivity index (χ2v) is 3.58. The predicted octanol–water partition coefficient (Wildman–Crippen LogP) is 0.875. The molecule has 0 bridgehead atoms. The van der Waals surface area contributed by atoms with E-state index in [9.17, 15) is 4.79 Å². The first kappa shape index (κ1) is 15.2. The van der Waals surface area contributed by atoms with Crippen molar-refractivity contribution in [2.24, 2.45) is 0 Å². The molecule has 0 aromatic rings. The maximum atomic E-state index is 11.2. The summed E-state index contributed by atoms with van der Waals surface area (Å²) in [5, 5.41) is 14.0. The van der Waals surface area contributed by atoms with Crippen LogP contribution in [0.5, 0.6) is 0 Å². The molecule has 0 spiro atoms. The van der Waals surface area contributed by atoms with Gasteiger partial charge in [0.05, 0.1) is 0 Å². The molecular weight excluding hydrogens is 208 g/mol. The summed E-state index contributed by atoms with van der Waals surface area (Å²) in [5.41, 5.74) is 0. The largest absolute Gasteiger partial charge is 0.396 e. The molecule has 5 heteroatoms. The summed E-state index contributed by atoms with van der Waals surface area (Å²) in [6.07, 6.45) is 3.56. The minimum absolute atomic E-state index is 0.108. The van der Waals surface area contributed by atoms with E-state index in [4.69, 9.17) is 9.84 Å². The van der Waals surface area contributed by atoms with Crippen molar-refractivity contribution in [1.82, 2.24) is 10.6 Å². The molecule has 0 rings (SSSR count). The van der Waals surface area contributed by atoms with Gasteiger partial charge in [-0.2, -0.15) is 0 Å². The maximum absolute atomic E-state index is 11.2. The number of urea groups is 1. The Labute approximate surface area is 97.6 Å². The molecule has 0 radical (unpaired) electrons. The second kappa shape index (κ2) is 12.3. The van der Waals surface area contributed by atoms with Crippen LogP contribution >= 0.6 is 0 Å². The fourth-order valence-electron chi connectivity index (χ4n) is 1.09. The van der Waals surface area contributed by atoms with Gasteiger partial charge in [0, 0.05) is 32.9 Å². The monoisotopic (exact) mass is 232 g/mol. The van der Waals surface area contributed by atoms with E-state index in [0.717, 1.165) is 25.8 Å². The van der Waals surface area contributed by atoms with E-state index >= 15 is 0 Å². The van der Waals surface area contributed by atoms with E-state index in [1.807, 2.05) is 0 Å². The number of rotatable bonds is 10. The van der Waals surface area contributed by atoms with Gasteiger partial charge in [-0.05, 0) is 19.3 Å². The highest BCUT2D eigenvalue weighted by Crippen LogP contribution is 1.85. The number of hydrogen-bond acceptors (Lipinski definition) is 3. The van der Waals surface area contributed by atoms with Crippen molar-refractivity contribution in [2.75, 3.05) is 32.9 Å². The minimum Gasteiger partial charge on any atom is -0.396 e. The summed E-state index contributed by atoms with van der Waals surface area (Å²) in [7, 11) is 0. The first-order valence-electron chi connectivity index (χ1n) is 6.01. The number of carbonyl (C=O) groups excluding carboxylic acids is 1. The Bertz CT molecular complexity index is 165. The van der Waals surface area contributed by atoms with Crippen LogP contribution in [-0.2, 0) is 4.74 Å². The molecule has 0 unspecified atom stereocenters. The lowest BCUT2D eigenvalue weighted by molar-refractivity contribution is 0.114. The Hall–Kier alpha value is -0.810. The lowest BCUT2D eigenvalue weighted by Crippen LogP contribution is -2.36. The molecule has 0 aliphatic rings. The van der Waals surface area contributed by atoms with E-state index in [2.05, 4.69) is 17.6 Å². The summed E-state index contributed by atoms with van der Waals surface area (Å²) in [6, 6.07) is -0.108. The highest BCUT2D eigenvalue weighted by Gasteiger charge is 1.97. The Morgan fingerprint density at radius 1 is 1.12 bits per heavy atom. The van der Waals surface area contributed by atoms with Crippen LogP contribution < -0.4 is 10.6 Å². The van der Waals surface area contributed by atoms with Crippen molar-refractivity contribution < 1.29 is 14.6 Å². The Morgan fingerprint density at radius 2 is 1.75 bits per heavy atom. The van der Waals surface area contributed by atoms with Crippen LogP contribution in [0.4, 0.5) is 4.79 Å². The van der Waals surface area contributed by atoms with Crippen molar-refractivity contribution in [3.63, 3.8) is 0 Å². The number of nitrogens with one attached hydrogen (secondary N) is 2. The smallest absolute Gasteiger partial charge is 0.314 e. The van der Waals surface area contributed by atoms with Gasteiger partial charge in [0.25, 0.3) is 0 Å². The predicted molar refractivity (Wildman–Crippen MR) is 63.4 cm³/mol. The van der Waals surface area contributed by atoms with Crippen LogP contribution in [0.3, 0.4) is 0 Å². The van der Waals surface area contributed by atoms with E-state index in [1.165, 1.54) is 0 Å². The zero-order valence-electron chi connectivity index (χ0n) is 10.1. The highest BCUT2D eigenvalue weighted by molar-refractivity contribution is 5.73. The molecule has 16 heavy (non-hydrogen) atoms. The van der Waals surface area contributed by atoms with Crippen LogP contribution in [0.1, 0.15) is 32.6 Å². The van der Waals surface area contributed by atoms with Crippen LogP contribution in [-0.4, -0.2) is 44.0 Å². The first-order valence-corrected chi connectivity index (χ1v) is 6.01. The summed E-state index contributed by atoms with van der Waals surface area (Å²) in [4.78, 5) is 11.2. The number of aliphatic hydroxyl groups is 1. The summed E-state index contributed by atoms with van der Waals surface area (Å²) in [6.45, 7) is 4.81. The van der Waals surface area contributed by atoms with Gasteiger partial charge in [-0.15, -0.1) is 0 Å². The van der Waals surface area contributed by atoms with E-state index in [-0.39, 0.29) is 12.6 Å². The number of amides is 2. The summed E-state index contributed by atoms with van der Waals surface area (Å²) < 4.78 is 5.22. The highest BCUT2D eigenvalue weighted by atomic mass is 16.5. The molecule has 96 valence electrons. The van der Waals surface area contributed by atoms with Crippen molar-refractivity contribution in [2.45, 2.75) is 32.6 Å². The summed E-state index contributed by atoms with van der Waals surface area (Å²) >= 11 is 0. The van der Waals surface area contributed by atoms with Crippen molar-refractivity contribution in [1.29, 1.82) is 0 Å². The Morgan fingerprint density at radius 3 is 2.38 bits per heavy atom. The van der Waals surface area contributed by atoms with Crippen LogP contribution in [0.25, 0.3) is 0 Å². The molecule has 0 fully saturated rings. The van der Waals surface area contributed by atoms with E-state index in [0.29, 0.717) is 26.2 Å². The second-order valence-electron chi connectivity index (χ2n) is 3.58. The number of carbonyl (C=O) groups is 1. The van der Waals surface area contributed by atoms with Gasteiger partial charge in [0.15, 0.2) is 0 Å². The van der Waals surface area contributed by atoms with Crippen LogP contribution in [0, 0.1) is 0 Å². The summed E-state index contributed by atoms with van der Waals surface area (Å²) in [5.74, 6) is 0. The lowest BCUT2D eigenvalue weighted by atomic mass is 10.3. The topological polar surface area (TPSA) is 70.6 Å². The van der Waals surface area contributed by atoms with Gasteiger partial charge in [-0.25, -0.2) is 4.79 Å². The minimum atomic E-state index is -0.108. The van der Waals surface area contributed by atoms with Crippen molar-refractivity contribution >= 4 is 6.03 Å². The fraction of sp³-hybridized carbons (Fsp3) is 0.909. The molecule has 3 N–H and O–H groups in total. The zero-order valence-corrected chi connectivity index (χ0v) is 10.1. The van der Waals surface area contributed by atoms with Gasteiger partial charge >= 0.3 is 6.03 Å². The van der Waals surface area contributed by atoms with Gasteiger partial charge in [-0.3, -0.25) is 0 Å². The third kappa shape index (κ3) is 11.3. The average Bonchev–Trinajstić information content (AvgIpc) is 2.28. The Kier molecular flexibility index (Phi) is 11.6. The molecule has 0 aliphatic heterocycles. The molecule has 0 aliphatic carbocycles. The van der Waals surface area contributed by atoms with E-state index in [1.54, 1.807) is 0 Å². The number of ether oxygens (including phenoxy) is 1. The molecule has 0 aromatic carbocycles. The molecule has 2 amide bonds. The Balaban J connectivity index is 3.09.